The third kappa shape index (κ3) is 4.33. The second-order valence-corrected chi connectivity index (χ2v) is 10.3. The minimum atomic E-state index is -4.58. The number of aliphatic hydroxyl groups is 1. The van der Waals surface area contributed by atoms with Crippen molar-refractivity contribution >= 4 is 13.3 Å². The maximum atomic E-state index is 13.5. The normalized spacial score (nSPS) is 14.6. The Balaban J connectivity index is 2.47. The highest BCUT2D eigenvalue weighted by Gasteiger charge is 2.40. The zero-order valence-corrected chi connectivity index (χ0v) is 14.0. The number of alkyl halides is 3. The lowest BCUT2D eigenvalue weighted by atomic mass is 10.0. The molecule has 1 nitrogen and oxygen atoms in total. The van der Waals surface area contributed by atoms with Crippen LogP contribution in [0.1, 0.15) is 11.7 Å². The number of rotatable bonds is 4. The molecule has 0 heterocycles. The van der Waals surface area contributed by atoms with Crippen LogP contribution in [0.4, 0.5) is 13.2 Å². The summed E-state index contributed by atoms with van der Waals surface area (Å²) in [4.78, 5) is 0. The number of halogens is 3. The lowest BCUT2D eigenvalue weighted by Crippen LogP contribution is -2.41. The molecule has 0 aromatic heterocycles. The van der Waals surface area contributed by atoms with Crippen LogP contribution >= 0.6 is 0 Å². The van der Waals surface area contributed by atoms with Crippen LogP contribution in [0.25, 0.3) is 0 Å². The summed E-state index contributed by atoms with van der Waals surface area (Å²) in [6.07, 6.45) is -6.25. The van der Waals surface area contributed by atoms with Gasteiger partial charge in [0.1, 0.15) is 14.2 Å². The Labute approximate surface area is 135 Å². The minimum absolute atomic E-state index is 0.244. The molecule has 0 aliphatic heterocycles. The zero-order chi connectivity index (χ0) is 17.1. The predicted molar refractivity (Wildman–Crippen MR) is 89.1 cm³/mol. The summed E-state index contributed by atoms with van der Waals surface area (Å²) in [5.41, 5.74) is 0.609. The van der Waals surface area contributed by atoms with Gasteiger partial charge in [-0.1, -0.05) is 84.6 Å². The topological polar surface area (TPSA) is 20.2 Å². The van der Waals surface area contributed by atoms with Gasteiger partial charge in [0.2, 0.25) is 0 Å². The van der Waals surface area contributed by atoms with E-state index in [4.69, 9.17) is 0 Å². The van der Waals surface area contributed by atoms with Crippen LogP contribution in [-0.4, -0.2) is 19.4 Å². The Hall–Kier alpha value is -1.85. The van der Waals surface area contributed by atoms with Crippen molar-refractivity contribution in [2.45, 2.75) is 25.4 Å². The van der Waals surface area contributed by atoms with Gasteiger partial charge < -0.3 is 5.11 Å². The first-order chi connectivity index (χ1) is 10.7. The molecule has 2 aromatic rings. The van der Waals surface area contributed by atoms with E-state index in [-0.39, 0.29) is 5.56 Å². The van der Waals surface area contributed by atoms with Gasteiger partial charge in [0.15, 0.2) is 0 Å². The van der Waals surface area contributed by atoms with Crippen LogP contribution < -0.4 is 5.19 Å². The lowest BCUT2D eigenvalue weighted by molar-refractivity contribution is -0.105. The lowest BCUT2D eigenvalue weighted by Gasteiger charge is -2.25. The number of hydrogen-bond acceptors (Lipinski definition) is 1. The number of aliphatic hydroxyl groups excluding tert-OH is 1. The van der Waals surface area contributed by atoms with Crippen molar-refractivity contribution < 1.29 is 18.3 Å². The fourth-order valence-electron chi connectivity index (χ4n) is 2.47. The van der Waals surface area contributed by atoms with Gasteiger partial charge in [-0.2, -0.15) is 13.2 Å². The van der Waals surface area contributed by atoms with Gasteiger partial charge >= 0.3 is 6.18 Å². The van der Waals surface area contributed by atoms with E-state index in [9.17, 15) is 18.3 Å². The second-order valence-electron chi connectivity index (χ2n) is 6.00. The maximum absolute atomic E-state index is 13.5. The third-order valence-corrected chi connectivity index (χ3v) is 6.63. The molecule has 0 radical (unpaired) electrons. The minimum Gasteiger partial charge on any atom is -0.384 e. The highest BCUT2D eigenvalue weighted by molar-refractivity contribution is 6.94. The van der Waals surface area contributed by atoms with Crippen molar-refractivity contribution in [3.63, 3.8) is 0 Å². The van der Waals surface area contributed by atoms with Crippen molar-refractivity contribution in [3.8, 4) is 0 Å². The summed E-state index contributed by atoms with van der Waals surface area (Å²) in [7, 11) is -2.49. The molecule has 0 spiro atoms. The standard InChI is InChI=1S/C18H19F3OSi/c1-23(2,15-11-7-4-8-12-15)13-16(18(19,20)21)17(22)14-9-5-3-6-10-14/h3-13,17,22H,1-2H3/b16-13-. The van der Waals surface area contributed by atoms with Crippen molar-refractivity contribution in [1.29, 1.82) is 0 Å². The van der Waals surface area contributed by atoms with Crippen LogP contribution in [0.3, 0.4) is 0 Å². The van der Waals surface area contributed by atoms with E-state index in [0.717, 1.165) is 5.19 Å². The van der Waals surface area contributed by atoms with Gasteiger partial charge in [0.25, 0.3) is 0 Å². The molecule has 2 aromatic carbocycles. The van der Waals surface area contributed by atoms with Crippen molar-refractivity contribution in [1.82, 2.24) is 0 Å². The molecule has 1 atom stereocenters. The van der Waals surface area contributed by atoms with Crippen LogP contribution in [-0.2, 0) is 0 Å². The van der Waals surface area contributed by atoms with Gasteiger partial charge in [-0.15, -0.1) is 0 Å². The Morgan fingerprint density at radius 2 is 1.43 bits per heavy atom. The Morgan fingerprint density at radius 3 is 1.91 bits per heavy atom. The SMILES string of the molecule is C[Si](C)(/C=C(/C(O)c1ccccc1)C(F)(F)F)c1ccccc1. The summed E-state index contributed by atoms with van der Waals surface area (Å²) in [5.74, 6) is 0. The molecule has 122 valence electrons. The molecule has 23 heavy (non-hydrogen) atoms. The summed E-state index contributed by atoms with van der Waals surface area (Å²) < 4.78 is 40.5. The van der Waals surface area contributed by atoms with Gasteiger partial charge in [-0.25, -0.2) is 0 Å². The molecular weight excluding hydrogens is 317 g/mol. The fourth-order valence-corrected chi connectivity index (χ4v) is 4.79. The Kier molecular flexibility index (Phi) is 5.11. The fraction of sp³-hybridized carbons (Fsp3) is 0.222. The summed E-state index contributed by atoms with van der Waals surface area (Å²) >= 11 is 0. The van der Waals surface area contributed by atoms with E-state index in [1.807, 2.05) is 43.4 Å². The molecule has 0 aliphatic rings. The quantitative estimate of drug-likeness (QED) is 0.823. The largest absolute Gasteiger partial charge is 0.414 e. The molecule has 0 bridgehead atoms. The monoisotopic (exact) mass is 336 g/mol. The van der Waals surface area contributed by atoms with E-state index in [1.54, 1.807) is 18.2 Å². The number of benzene rings is 2. The highest BCUT2D eigenvalue weighted by Crippen LogP contribution is 2.36. The summed E-state index contributed by atoms with van der Waals surface area (Å²) in [6, 6.07) is 17.1. The zero-order valence-electron chi connectivity index (χ0n) is 13.0. The third-order valence-electron chi connectivity index (χ3n) is 3.77. The van der Waals surface area contributed by atoms with E-state index >= 15 is 0 Å². The number of hydrogen-bond donors (Lipinski definition) is 1. The van der Waals surface area contributed by atoms with Crippen LogP contribution in [0.5, 0.6) is 0 Å². The van der Waals surface area contributed by atoms with Gasteiger partial charge in [0.05, 0.1) is 5.57 Å². The smallest absolute Gasteiger partial charge is 0.384 e. The summed E-state index contributed by atoms with van der Waals surface area (Å²) in [5, 5.41) is 11.2. The van der Waals surface area contributed by atoms with Crippen LogP contribution in [0, 0.1) is 0 Å². The van der Waals surface area contributed by atoms with Crippen LogP contribution in [0.2, 0.25) is 13.1 Å². The van der Waals surface area contributed by atoms with Crippen LogP contribution in [0.15, 0.2) is 71.9 Å². The van der Waals surface area contributed by atoms with Gasteiger partial charge in [-0.3, -0.25) is 0 Å². The van der Waals surface area contributed by atoms with Crippen molar-refractivity contribution in [2.75, 3.05) is 0 Å². The van der Waals surface area contributed by atoms with E-state index in [2.05, 4.69) is 0 Å². The van der Waals surface area contributed by atoms with E-state index in [0.29, 0.717) is 0 Å². The second kappa shape index (κ2) is 6.72. The highest BCUT2D eigenvalue weighted by atomic mass is 28.3. The average molecular weight is 336 g/mol. The molecule has 5 heteroatoms. The first-order valence-electron chi connectivity index (χ1n) is 7.30. The van der Waals surface area contributed by atoms with Crippen molar-refractivity contribution in [2.24, 2.45) is 0 Å². The van der Waals surface area contributed by atoms with E-state index in [1.165, 1.54) is 17.8 Å². The van der Waals surface area contributed by atoms with Crippen molar-refractivity contribution in [3.05, 3.63) is 77.5 Å². The molecule has 0 amide bonds. The Morgan fingerprint density at radius 1 is 0.957 bits per heavy atom. The molecule has 2 rings (SSSR count). The molecule has 0 fully saturated rings. The van der Waals surface area contributed by atoms with E-state index < -0.39 is 25.9 Å². The van der Waals surface area contributed by atoms with Gasteiger partial charge in [0, 0.05) is 0 Å². The summed E-state index contributed by atoms with van der Waals surface area (Å²) in [6.45, 7) is 3.68. The average Bonchev–Trinajstić information content (AvgIpc) is 2.53. The molecule has 1 unspecified atom stereocenters. The Bertz CT molecular complexity index is 664. The van der Waals surface area contributed by atoms with Gasteiger partial charge in [-0.05, 0) is 5.56 Å². The molecule has 1 N–H and O–H groups in total. The predicted octanol–water partition coefficient (Wildman–Crippen LogP) is 4.36. The molecule has 0 aliphatic carbocycles. The first kappa shape index (κ1) is 17.5. The molecular formula is C18H19F3OSi. The molecule has 0 saturated heterocycles. The molecule has 0 saturated carbocycles. The maximum Gasteiger partial charge on any atom is 0.414 e. The first-order valence-corrected chi connectivity index (χ1v) is 10.4.